The Morgan fingerprint density at radius 3 is 2.21 bits per heavy atom. The van der Waals surface area contributed by atoms with Crippen LogP contribution >= 0.6 is 11.6 Å². The van der Waals surface area contributed by atoms with Gasteiger partial charge in [-0.25, -0.2) is 0 Å². The van der Waals surface area contributed by atoms with Crippen molar-refractivity contribution in [1.29, 1.82) is 0 Å². The van der Waals surface area contributed by atoms with Crippen LogP contribution in [0.4, 0.5) is 0 Å². The molecule has 4 rings (SSSR count). The van der Waals surface area contributed by atoms with Crippen LogP contribution in [-0.2, 0) is 0 Å². The maximum absolute atomic E-state index is 12.0. The van der Waals surface area contributed by atoms with E-state index >= 15 is 0 Å². The summed E-state index contributed by atoms with van der Waals surface area (Å²) in [6, 6.07) is 7.27. The first-order chi connectivity index (χ1) is 9.16. The molecule has 0 aromatic heterocycles. The van der Waals surface area contributed by atoms with E-state index in [1.165, 1.54) is 6.08 Å². The average Bonchev–Trinajstić information content (AvgIpc) is 2.41. The van der Waals surface area contributed by atoms with Crippen LogP contribution in [0.25, 0.3) is 21.9 Å². The van der Waals surface area contributed by atoms with E-state index in [9.17, 15) is 9.59 Å². The van der Waals surface area contributed by atoms with Gasteiger partial charge < -0.3 is 0 Å². The molecule has 0 radical (unpaired) electrons. The molecular formula is C16H7ClO2. The highest BCUT2D eigenvalue weighted by Crippen LogP contribution is 2.39. The quantitative estimate of drug-likeness (QED) is 0.726. The van der Waals surface area contributed by atoms with Gasteiger partial charge in [0.05, 0.1) is 5.03 Å². The first kappa shape index (κ1) is 10.7. The molecule has 0 saturated heterocycles. The lowest BCUT2D eigenvalue weighted by molar-refractivity contribution is 0.103. The summed E-state index contributed by atoms with van der Waals surface area (Å²) in [5.74, 6) is -0.141. The van der Waals surface area contributed by atoms with Gasteiger partial charge in [-0.3, -0.25) is 9.59 Å². The molecule has 3 heteroatoms. The molecule has 0 bridgehead atoms. The molecule has 2 aliphatic rings. The Morgan fingerprint density at radius 2 is 1.42 bits per heavy atom. The zero-order valence-electron chi connectivity index (χ0n) is 9.74. The van der Waals surface area contributed by atoms with Crippen LogP contribution in [0.3, 0.4) is 0 Å². The minimum atomic E-state index is -0.108. The van der Waals surface area contributed by atoms with Crippen molar-refractivity contribution < 1.29 is 9.59 Å². The normalized spacial score (nSPS) is 15.9. The van der Waals surface area contributed by atoms with E-state index in [1.54, 1.807) is 24.3 Å². The van der Waals surface area contributed by atoms with E-state index in [2.05, 4.69) is 0 Å². The van der Waals surface area contributed by atoms with Gasteiger partial charge in [-0.1, -0.05) is 29.8 Å². The van der Waals surface area contributed by atoms with Gasteiger partial charge in [-0.05, 0) is 23.8 Å². The first-order valence-corrected chi connectivity index (χ1v) is 6.28. The minimum Gasteiger partial charge on any atom is -0.289 e. The maximum Gasteiger partial charge on any atom is 0.187 e. The average molecular weight is 267 g/mol. The van der Waals surface area contributed by atoms with Crippen molar-refractivity contribution in [3.05, 3.63) is 58.7 Å². The van der Waals surface area contributed by atoms with Crippen LogP contribution in [0.2, 0.25) is 0 Å². The van der Waals surface area contributed by atoms with E-state index in [0.717, 1.165) is 21.9 Å². The summed E-state index contributed by atoms with van der Waals surface area (Å²) in [5, 5.41) is 2.07. The van der Waals surface area contributed by atoms with Crippen LogP contribution in [0.5, 0.6) is 0 Å². The second kappa shape index (κ2) is 3.43. The third-order valence-corrected chi connectivity index (χ3v) is 3.97. The highest BCUT2D eigenvalue weighted by Gasteiger charge is 2.24. The molecule has 2 aliphatic carbocycles. The van der Waals surface area contributed by atoms with Crippen molar-refractivity contribution in [1.82, 2.24) is 0 Å². The third kappa shape index (κ3) is 1.27. The topological polar surface area (TPSA) is 34.1 Å². The van der Waals surface area contributed by atoms with E-state index in [-0.39, 0.29) is 11.6 Å². The van der Waals surface area contributed by atoms with Crippen molar-refractivity contribution in [3.63, 3.8) is 0 Å². The summed E-state index contributed by atoms with van der Waals surface area (Å²) in [6.07, 6.45) is 4.78. The van der Waals surface area contributed by atoms with E-state index < -0.39 is 0 Å². The Balaban J connectivity index is 2.31. The van der Waals surface area contributed by atoms with Gasteiger partial charge in [0.2, 0.25) is 0 Å². The van der Waals surface area contributed by atoms with Crippen molar-refractivity contribution in [2.45, 2.75) is 0 Å². The molecule has 0 spiro atoms. The molecule has 2 nitrogen and oxygen atoms in total. The largest absolute Gasteiger partial charge is 0.289 e. The predicted octanol–water partition coefficient (Wildman–Crippen LogP) is 3.83. The van der Waals surface area contributed by atoms with Gasteiger partial charge in [0.1, 0.15) is 0 Å². The predicted molar refractivity (Wildman–Crippen MR) is 75.5 cm³/mol. The van der Waals surface area contributed by atoms with Crippen molar-refractivity contribution >= 4 is 45.0 Å². The second-order valence-electron chi connectivity index (χ2n) is 4.67. The van der Waals surface area contributed by atoms with E-state index in [1.807, 2.05) is 12.1 Å². The molecule has 90 valence electrons. The summed E-state index contributed by atoms with van der Waals surface area (Å²) >= 11 is 6.15. The minimum absolute atomic E-state index is 0.0330. The zero-order valence-corrected chi connectivity index (χ0v) is 10.5. The number of carbonyl (C=O) groups excluding carboxylic acids is 2. The van der Waals surface area contributed by atoms with Crippen molar-refractivity contribution in [2.24, 2.45) is 0 Å². The van der Waals surface area contributed by atoms with Crippen LogP contribution in [0, 0.1) is 0 Å². The lowest BCUT2D eigenvalue weighted by Gasteiger charge is -2.19. The molecule has 0 N–H and O–H groups in total. The zero-order chi connectivity index (χ0) is 13.1. The van der Waals surface area contributed by atoms with Gasteiger partial charge >= 0.3 is 0 Å². The molecule has 0 heterocycles. The fraction of sp³-hybridized carbons (Fsp3) is 0. The monoisotopic (exact) mass is 266 g/mol. The summed E-state index contributed by atoms with van der Waals surface area (Å²) in [4.78, 5) is 24.0. The van der Waals surface area contributed by atoms with Crippen LogP contribution < -0.4 is 0 Å². The van der Waals surface area contributed by atoms with Crippen LogP contribution in [-0.4, -0.2) is 11.6 Å². The molecule has 2 aromatic rings. The summed E-state index contributed by atoms with van der Waals surface area (Å²) in [6.45, 7) is 0. The molecular weight excluding hydrogens is 260 g/mol. The Hall–Kier alpha value is -2.19. The van der Waals surface area contributed by atoms with Gasteiger partial charge in [-0.2, -0.15) is 0 Å². The Kier molecular flexibility index (Phi) is 1.93. The van der Waals surface area contributed by atoms with Crippen molar-refractivity contribution in [2.75, 3.05) is 0 Å². The standard InChI is InChI=1S/C16H7ClO2/c17-12-7-14(19)11-5-4-10-13(18)6-2-8-1-3-9(12)16(11)15(8)10/h1-7H. The van der Waals surface area contributed by atoms with E-state index in [4.69, 9.17) is 11.6 Å². The van der Waals surface area contributed by atoms with Gasteiger partial charge in [0.15, 0.2) is 11.6 Å². The molecule has 0 unspecified atom stereocenters. The molecule has 0 saturated carbocycles. The number of allylic oxidation sites excluding steroid dienone is 2. The lowest BCUT2D eigenvalue weighted by Crippen LogP contribution is -2.09. The van der Waals surface area contributed by atoms with Gasteiger partial charge in [0.25, 0.3) is 0 Å². The number of carbonyl (C=O) groups is 2. The number of hydrogen-bond donors (Lipinski definition) is 0. The number of benzene rings is 2. The molecule has 0 aliphatic heterocycles. The smallest absolute Gasteiger partial charge is 0.187 e. The summed E-state index contributed by atoms with van der Waals surface area (Å²) in [7, 11) is 0. The van der Waals surface area contributed by atoms with E-state index in [0.29, 0.717) is 16.2 Å². The fourth-order valence-corrected chi connectivity index (χ4v) is 3.05. The Labute approximate surface area is 114 Å². The van der Waals surface area contributed by atoms with Gasteiger partial charge in [-0.15, -0.1) is 0 Å². The third-order valence-electron chi connectivity index (χ3n) is 3.65. The number of rotatable bonds is 0. The number of halogens is 1. The van der Waals surface area contributed by atoms with Crippen LogP contribution in [0.1, 0.15) is 31.8 Å². The van der Waals surface area contributed by atoms with Crippen LogP contribution in [0.15, 0.2) is 36.4 Å². The summed E-state index contributed by atoms with van der Waals surface area (Å²) in [5.41, 5.74) is 3.02. The Bertz CT molecular complexity index is 857. The first-order valence-electron chi connectivity index (χ1n) is 5.91. The number of hydrogen-bond acceptors (Lipinski definition) is 2. The second-order valence-corrected chi connectivity index (χ2v) is 5.07. The van der Waals surface area contributed by atoms with Crippen molar-refractivity contribution in [3.8, 4) is 0 Å². The number of ketones is 2. The highest BCUT2D eigenvalue weighted by molar-refractivity contribution is 6.53. The maximum atomic E-state index is 12.0. The SMILES string of the molecule is O=C1C=Cc2ccc3c4c(ccc1c24)C(=O)C=C3Cl. The Morgan fingerprint density at radius 1 is 0.737 bits per heavy atom. The molecule has 2 aromatic carbocycles. The van der Waals surface area contributed by atoms with Gasteiger partial charge in [0, 0.05) is 33.5 Å². The fourth-order valence-electron chi connectivity index (χ4n) is 2.80. The molecule has 19 heavy (non-hydrogen) atoms. The highest BCUT2D eigenvalue weighted by atomic mass is 35.5. The molecule has 0 fully saturated rings. The lowest BCUT2D eigenvalue weighted by atomic mass is 9.84. The molecule has 0 atom stereocenters. The summed E-state index contributed by atoms with van der Waals surface area (Å²) < 4.78 is 0. The molecule has 0 amide bonds.